The van der Waals surface area contributed by atoms with E-state index in [-0.39, 0.29) is 57.6 Å². The highest BCUT2D eigenvalue weighted by molar-refractivity contribution is 8.00. The maximum atomic E-state index is 15.0. The van der Waals surface area contributed by atoms with Gasteiger partial charge in [0.2, 0.25) is 5.91 Å². The molecule has 218 valence electrons. The molecule has 0 heterocycles. The number of ether oxygens (including phenoxy) is 1. The van der Waals surface area contributed by atoms with Gasteiger partial charge in [-0.3, -0.25) is 9.59 Å². The maximum absolute atomic E-state index is 15.0. The molecule has 3 aromatic rings. The van der Waals surface area contributed by atoms with Crippen LogP contribution in [0.4, 0.5) is 23.2 Å². The van der Waals surface area contributed by atoms with Crippen molar-refractivity contribution in [3.05, 3.63) is 94.7 Å². The van der Waals surface area contributed by atoms with Crippen molar-refractivity contribution in [2.75, 3.05) is 12.4 Å². The number of thioether (sulfide) groups is 1. The number of anilines is 1. The molecule has 0 spiro atoms. The third kappa shape index (κ3) is 6.33. The van der Waals surface area contributed by atoms with Crippen molar-refractivity contribution in [2.24, 2.45) is 22.9 Å². The van der Waals surface area contributed by atoms with E-state index < -0.39 is 35.1 Å². The SMILES string of the molecule is COc1cc(F)c(-c2ccc(CN=O)cc2)cc1C(=O)NC1C2C=CC(C2)C1C(=O)Nc1cccc(SC(F)(F)F)c1. The lowest BCUT2D eigenvalue weighted by molar-refractivity contribution is -0.121. The molecule has 4 unspecified atom stereocenters. The molecule has 0 radical (unpaired) electrons. The summed E-state index contributed by atoms with van der Waals surface area (Å²) < 4.78 is 58.8. The first-order valence-electron chi connectivity index (χ1n) is 13.0. The molecule has 4 atom stereocenters. The van der Waals surface area contributed by atoms with Crippen molar-refractivity contribution in [1.82, 2.24) is 5.32 Å². The van der Waals surface area contributed by atoms with Gasteiger partial charge in [0.25, 0.3) is 5.91 Å². The van der Waals surface area contributed by atoms with E-state index in [1.807, 2.05) is 12.2 Å². The molecule has 7 nitrogen and oxygen atoms in total. The Morgan fingerprint density at radius 3 is 2.48 bits per heavy atom. The van der Waals surface area contributed by atoms with Crippen LogP contribution in [0, 0.1) is 28.5 Å². The predicted octanol–water partition coefficient (Wildman–Crippen LogP) is 6.94. The van der Waals surface area contributed by atoms with Gasteiger partial charge >= 0.3 is 5.51 Å². The van der Waals surface area contributed by atoms with Gasteiger partial charge in [0.15, 0.2) is 0 Å². The molecule has 2 N–H and O–H groups in total. The lowest BCUT2D eigenvalue weighted by atomic mass is 9.87. The summed E-state index contributed by atoms with van der Waals surface area (Å²) in [6, 6.07) is 13.9. The highest BCUT2D eigenvalue weighted by atomic mass is 32.2. The number of hydrogen-bond acceptors (Lipinski definition) is 6. The molecular weight excluding hydrogens is 574 g/mol. The Kier molecular flexibility index (Phi) is 8.35. The van der Waals surface area contributed by atoms with Crippen LogP contribution >= 0.6 is 11.8 Å². The Balaban J connectivity index is 1.37. The number of rotatable bonds is 9. The summed E-state index contributed by atoms with van der Waals surface area (Å²) in [6.45, 7) is -0.0241. The summed E-state index contributed by atoms with van der Waals surface area (Å²) in [5.41, 5.74) is -2.91. The van der Waals surface area contributed by atoms with Gasteiger partial charge in [-0.25, -0.2) is 4.39 Å². The van der Waals surface area contributed by atoms with E-state index in [9.17, 15) is 27.7 Å². The number of halogens is 4. The largest absolute Gasteiger partial charge is 0.496 e. The topological polar surface area (TPSA) is 96.9 Å². The number of amides is 2. The number of benzene rings is 3. The van der Waals surface area contributed by atoms with Crippen LogP contribution in [0.5, 0.6) is 5.75 Å². The van der Waals surface area contributed by atoms with Crippen molar-refractivity contribution in [3.8, 4) is 16.9 Å². The molecular formula is C30H25F4N3O4S. The van der Waals surface area contributed by atoms with E-state index in [1.165, 1.54) is 37.4 Å². The summed E-state index contributed by atoms with van der Waals surface area (Å²) in [5, 5.41) is 8.48. The van der Waals surface area contributed by atoms with Gasteiger partial charge in [-0.1, -0.05) is 47.7 Å². The van der Waals surface area contributed by atoms with Crippen LogP contribution < -0.4 is 15.4 Å². The summed E-state index contributed by atoms with van der Waals surface area (Å²) >= 11 is -0.275. The molecule has 42 heavy (non-hydrogen) atoms. The number of fused-ring (bicyclic) bond motifs is 2. The third-order valence-corrected chi connectivity index (χ3v) is 8.16. The highest BCUT2D eigenvalue weighted by Gasteiger charge is 2.49. The molecule has 2 bridgehead atoms. The van der Waals surface area contributed by atoms with Crippen molar-refractivity contribution >= 4 is 29.3 Å². The van der Waals surface area contributed by atoms with Crippen molar-refractivity contribution in [3.63, 3.8) is 0 Å². The third-order valence-electron chi connectivity index (χ3n) is 7.44. The fourth-order valence-corrected chi connectivity index (χ4v) is 6.19. The fourth-order valence-electron chi connectivity index (χ4n) is 5.59. The summed E-state index contributed by atoms with van der Waals surface area (Å²) in [4.78, 5) is 37.4. The summed E-state index contributed by atoms with van der Waals surface area (Å²) in [7, 11) is 1.31. The Morgan fingerprint density at radius 1 is 1.05 bits per heavy atom. The quantitative estimate of drug-likeness (QED) is 0.120. The van der Waals surface area contributed by atoms with Crippen LogP contribution in [0.3, 0.4) is 0 Å². The van der Waals surface area contributed by atoms with Crippen LogP contribution in [-0.4, -0.2) is 30.5 Å². The molecule has 5 rings (SSSR count). The van der Waals surface area contributed by atoms with Crippen molar-refractivity contribution in [2.45, 2.75) is 29.4 Å². The molecule has 2 aliphatic rings. The van der Waals surface area contributed by atoms with Crippen molar-refractivity contribution in [1.29, 1.82) is 0 Å². The summed E-state index contributed by atoms with van der Waals surface area (Å²) in [6.07, 6.45) is 4.47. The van der Waals surface area contributed by atoms with Gasteiger partial charge in [-0.15, -0.1) is 0 Å². The van der Waals surface area contributed by atoms with Gasteiger partial charge in [-0.2, -0.15) is 18.1 Å². The van der Waals surface area contributed by atoms with E-state index in [0.29, 0.717) is 17.5 Å². The van der Waals surface area contributed by atoms with Crippen LogP contribution in [0.15, 0.2) is 82.9 Å². The Labute approximate surface area is 242 Å². The van der Waals surface area contributed by atoms with Gasteiger partial charge in [0, 0.05) is 28.3 Å². The minimum atomic E-state index is -4.47. The summed E-state index contributed by atoms with van der Waals surface area (Å²) in [5.74, 6) is -2.58. The van der Waals surface area contributed by atoms with Crippen LogP contribution in [0.2, 0.25) is 0 Å². The van der Waals surface area contributed by atoms with Gasteiger partial charge in [0.1, 0.15) is 18.1 Å². The number of carbonyl (C=O) groups excluding carboxylic acids is 2. The molecule has 12 heteroatoms. The zero-order chi connectivity index (χ0) is 30.0. The van der Waals surface area contributed by atoms with E-state index >= 15 is 4.39 Å². The smallest absolute Gasteiger partial charge is 0.446 e. The molecule has 0 saturated heterocycles. The van der Waals surface area contributed by atoms with Gasteiger partial charge < -0.3 is 15.4 Å². The van der Waals surface area contributed by atoms with Crippen LogP contribution in [0.25, 0.3) is 11.1 Å². The molecule has 1 saturated carbocycles. The number of alkyl halides is 3. The molecule has 2 amide bonds. The maximum Gasteiger partial charge on any atom is 0.446 e. The molecule has 3 aromatic carbocycles. The molecule has 2 aliphatic carbocycles. The molecule has 0 aromatic heterocycles. The van der Waals surface area contributed by atoms with E-state index in [4.69, 9.17) is 4.74 Å². The van der Waals surface area contributed by atoms with E-state index in [2.05, 4.69) is 15.8 Å². The second kappa shape index (κ2) is 12.0. The minimum Gasteiger partial charge on any atom is -0.496 e. The number of carbonyl (C=O) groups is 2. The Morgan fingerprint density at radius 2 is 1.79 bits per heavy atom. The lowest BCUT2D eigenvalue weighted by Crippen LogP contribution is -2.47. The van der Waals surface area contributed by atoms with E-state index in [1.54, 1.807) is 24.3 Å². The predicted molar refractivity (Wildman–Crippen MR) is 150 cm³/mol. The fraction of sp³-hybridized carbons (Fsp3) is 0.267. The number of nitrogens with zero attached hydrogens (tertiary/aromatic N) is 1. The molecule has 1 fully saturated rings. The van der Waals surface area contributed by atoms with Gasteiger partial charge in [-0.05, 0) is 65.4 Å². The minimum absolute atomic E-state index is 0.00852. The number of hydrogen-bond donors (Lipinski definition) is 2. The van der Waals surface area contributed by atoms with Crippen LogP contribution in [-0.2, 0) is 11.3 Å². The lowest BCUT2D eigenvalue weighted by Gasteiger charge is -2.28. The number of allylic oxidation sites excluding steroid dienone is 1. The first kappa shape index (κ1) is 29.3. The number of methoxy groups -OCH3 is 1. The zero-order valence-electron chi connectivity index (χ0n) is 22.2. The average Bonchev–Trinajstić information content (AvgIpc) is 3.55. The first-order chi connectivity index (χ1) is 20.1. The average molecular weight is 600 g/mol. The van der Waals surface area contributed by atoms with Crippen molar-refractivity contribution < 1.29 is 31.9 Å². The Bertz CT molecular complexity index is 1540. The number of nitroso groups, excluding NO2 is 1. The molecule has 0 aliphatic heterocycles. The monoisotopic (exact) mass is 599 g/mol. The second-order valence-corrected chi connectivity index (χ2v) is 11.2. The zero-order valence-corrected chi connectivity index (χ0v) is 23.0. The number of nitrogens with one attached hydrogen (secondary N) is 2. The van der Waals surface area contributed by atoms with E-state index in [0.717, 1.165) is 6.07 Å². The second-order valence-electron chi connectivity index (χ2n) is 10.1. The first-order valence-corrected chi connectivity index (χ1v) is 13.8. The van der Waals surface area contributed by atoms with Crippen LogP contribution in [0.1, 0.15) is 22.3 Å². The Hall–Kier alpha value is -4.19. The highest BCUT2D eigenvalue weighted by Crippen LogP contribution is 2.45. The standard InChI is InChI=1S/C30H25F4N3O4S/c1-41-25-14-24(31)22(17-7-5-16(6-8-17)15-35-40)13-23(25)28(38)37-27-19-10-9-18(11-19)26(27)29(39)36-20-3-2-4-21(12-20)42-30(32,33)34/h2-10,12-14,18-19,26-27H,11,15H2,1H3,(H,36,39)(H,37,38). The normalized spacial score (nSPS) is 20.8. The van der Waals surface area contributed by atoms with Gasteiger partial charge in [0.05, 0.1) is 18.6 Å².